The zero-order valence-electron chi connectivity index (χ0n) is 17.6. The molecule has 0 aliphatic rings. The van der Waals surface area contributed by atoms with Crippen LogP contribution in [0.2, 0.25) is 10.0 Å². The number of rotatable bonds is 7. The molecule has 0 saturated carbocycles. The van der Waals surface area contributed by atoms with E-state index in [1.165, 1.54) is 0 Å². The summed E-state index contributed by atoms with van der Waals surface area (Å²) in [5.41, 5.74) is 5.65. The zero-order valence-corrected chi connectivity index (χ0v) is 19.9. The van der Waals surface area contributed by atoms with Crippen molar-refractivity contribution in [2.24, 2.45) is 0 Å². The van der Waals surface area contributed by atoms with Gasteiger partial charge in [-0.25, -0.2) is 15.0 Å². The summed E-state index contributed by atoms with van der Waals surface area (Å²) in [5, 5.41) is 3.19. The Morgan fingerprint density at radius 2 is 2.09 bits per heavy atom. The predicted octanol–water partition coefficient (Wildman–Crippen LogP) is 6.82. The topological polar surface area (TPSA) is 68.6 Å². The van der Waals surface area contributed by atoms with Crippen molar-refractivity contribution in [3.8, 4) is 11.5 Å². The van der Waals surface area contributed by atoms with E-state index in [0.29, 0.717) is 23.2 Å². The highest BCUT2D eigenvalue weighted by atomic mass is 35.5. The molecule has 0 aliphatic carbocycles. The Bertz CT molecular complexity index is 1270. The maximum atomic E-state index is 6.23. The number of imidazole rings is 2. The molecular weight excluding hydrogens is 477 g/mol. The van der Waals surface area contributed by atoms with Crippen LogP contribution in [-0.4, -0.2) is 31.1 Å². The van der Waals surface area contributed by atoms with Crippen LogP contribution >= 0.6 is 34.5 Å². The maximum Gasteiger partial charge on any atom is 0.158 e. The van der Waals surface area contributed by atoms with Gasteiger partial charge in [0.25, 0.3) is 0 Å². The summed E-state index contributed by atoms with van der Waals surface area (Å²) in [6.45, 7) is 4.75. The van der Waals surface area contributed by atoms with Crippen molar-refractivity contribution < 1.29 is 4.74 Å². The first-order valence-electron chi connectivity index (χ1n) is 10.1. The van der Waals surface area contributed by atoms with Gasteiger partial charge in [0.2, 0.25) is 0 Å². The molecule has 168 valence electrons. The van der Waals surface area contributed by atoms with Crippen molar-refractivity contribution >= 4 is 45.6 Å². The van der Waals surface area contributed by atoms with Gasteiger partial charge < -0.3 is 14.3 Å². The minimum atomic E-state index is -0.169. The van der Waals surface area contributed by atoms with Gasteiger partial charge in [-0.15, -0.1) is 17.9 Å². The van der Waals surface area contributed by atoms with Gasteiger partial charge in [0.05, 0.1) is 36.0 Å². The Labute approximate surface area is 205 Å². The number of hydrogen-bond acceptors (Lipinski definition) is 5. The van der Waals surface area contributed by atoms with E-state index in [1.807, 2.05) is 52.0 Å². The highest BCUT2D eigenvalue weighted by Crippen LogP contribution is 2.29. The first kappa shape index (κ1) is 23.2. The number of fused-ring (bicyclic) bond motifs is 1. The molecule has 2 aromatic carbocycles. The summed E-state index contributed by atoms with van der Waals surface area (Å²) >= 11 is 13.7. The number of aromatic nitrogens is 5. The summed E-state index contributed by atoms with van der Waals surface area (Å²) < 4.78 is 7.72. The number of thiazole rings is 1. The van der Waals surface area contributed by atoms with Crippen molar-refractivity contribution in [3.63, 3.8) is 0 Å². The van der Waals surface area contributed by atoms with Crippen molar-refractivity contribution in [2.75, 3.05) is 6.61 Å². The van der Waals surface area contributed by atoms with Gasteiger partial charge in [0, 0.05) is 33.4 Å². The van der Waals surface area contributed by atoms with Gasteiger partial charge in [-0.3, -0.25) is 0 Å². The van der Waals surface area contributed by atoms with Crippen molar-refractivity contribution in [1.29, 1.82) is 0 Å². The van der Waals surface area contributed by atoms with E-state index < -0.39 is 0 Å². The summed E-state index contributed by atoms with van der Waals surface area (Å²) in [6, 6.07) is 13.4. The molecule has 0 bridgehead atoms. The number of hydrogen-bond donors (Lipinski definition) is 1. The van der Waals surface area contributed by atoms with E-state index in [9.17, 15) is 0 Å². The average molecular weight is 498 g/mol. The lowest BCUT2D eigenvalue weighted by Crippen LogP contribution is -2.12. The third-order valence-corrected chi connectivity index (χ3v) is 5.87. The van der Waals surface area contributed by atoms with Crippen molar-refractivity contribution in [1.82, 2.24) is 24.5 Å². The number of ether oxygens (including phenoxy) is 1. The van der Waals surface area contributed by atoms with E-state index in [1.54, 1.807) is 42.1 Å². The van der Waals surface area contributed by atoms with E-state index in [2.05, 4.69) is 26.5 Å². The molecule has 9 heteroatoms. The lowest BCUT2D eigenvalue weighted by atomic mass is 10.1. The van der Waals surface area contributed by atoms with Gasteiger partial charge in [-0.05, 0) is 24.3 Å². The van der Waals surface area contributed by atoms with Gasteiger partial charge in [0.15, 0.2) is 5.82 Å². The molecule has 3 aromatic heterocycles. The van der Waals surface area contributed by atoms with Crippen LogP contribution in [0.4, 0.5) is 0 Å². The van der Waals surface area contributed by atoms with E-state index in [4.69, 9.17) is 27.9 Å². The molecule has 1 N–H and O–H groups in total. The smallest absolute Gasteiger partial charge is 0.158 e. The Kier molecular flexibility index (Phi) is 7.91. The fraction of sp³-hybridized carbons (Fsp3) is 0.125. The molecule has 0 aliphatic heterocycles. The van der Waals surface area contributed by atoms with Crippen LogP contribution in [0, 0.1) is 0 Å². The molecule has 1 unspecified atom stereocenters. The highest BCUT2D eigenvalue weighted by Gasteiger charge is 2.16. The molecule has 6 nitrogen and oxygen atoms in total. The van der Waals surface area contributed by atoms with Crippen LogP contribution in [0.1, 0.15) is 11.7 Å². The molecule has 3 heterocycles. The van der Waals surface area contributed by atoms with Crippen molar-refractivity contribution in [2.45, 2.75) is 12.6 Å². The molecule has 0 spiro atoms. The average Bonchev–Trinajstić information content (AvgIpc) is 3.59. The van der Waals surface area contributed by atoms with Crippen LogP contribution in [0.3, 0.4) is 0 Å². The number of halogens is 2. The number of para-hydroxylation sites is 2. The van der Waals surface area contributed by atoms with Crippen LogP contribution in [0.15, 0.2) is 84.7 Å². The van der Waals surface area contributed by atoms with Crippen LogP contribution in [-0.2, 0) is 11.3 Å². The lowest BCUT2D eigenvalue weighted by molar-refractivity contribution is 0.0608. The van der Waals surface area contributed by atoms with Gasteiger partial charge in [-0.1, -0.05) is 47.5 Å². The number of H-pyrrole nitrogens is 1. The van der Waals surface area contributed by atoms with Crippen LogP contribution in [0.5, 0.6) is 0 Å². The second-order valence-electron chi connectivity index (χ2n) is 7.01. The molecule has 5 aromatic rings. The molecule has 0 radical (unpaired) electrons. The summed E-state index contributed by atoms with van der Waals surface area (Å²) in [7, 11) is 0. The van der Waals surface area contributed by atoms with Gasteiger partial charge in [0.1, 0.15) is 11.8 Å². The molecule has 33 heavy (non-hydrogen) atoms. The first-order valence-corrected chi connectivity index (χ1v) is 11.8. The minimum absolute atomic E-state index is 0.169. The molecule has 1 atom stereocenters. The largest absolute Gasteiger partial charge is 0.368 e. The van der Waals surface area contributed by atoms with Gasteiger partial charge in [-0.2, -0.15) is 0 Å². The third-order valence-electron chi connectivity index (χ3n) is 4.72. The van der Waals surface area contributed by atoms with Crippen LogP contribution < -0.4 is 0 Å². The van der Waals surface area contributed by atoms with Crippen LogP contribution in [0.25, 0.3) is 22.6 Å². The minimum Gasteiger partial charge on any atom is -0.368 e. The molecule has 5 rings (SSSR count). The Morgan fingerprint density at radius 1 is 1.21 bits per heavy atom. The first-order chi connectivity index (χ1) is 16.1. The number of aromatic amines is 1. The predicted molar refractivity (Wildman–Crippen MR) is 135 cm³/mol. The third kappa shape index (κ3) is 6.09. The van der Waals surface area contributed by atoms with E-state index in [-0.39, 0.29) is 6.10 Å². The monoisotopic (exact) mass is 497 g/mol. The quantitative estimate of drug-likeness (QED) is 0.250. The maximum absolute atomic E-state index is 6.23. The van der Waals surface area contributed by atoms with E-state index in [0.717, 1.165) is 28.1 Å². The van der Waals surface area contributed by atoms with Crippen molar-refractivity contribution in [3.05, 3.63) is 100 Å². The molecule has 0 amide bonds. The second kappa shape index (κ2) is 11.2. The Morgan fingerprint density at radius 3 is 2.79 bits per heavy atom. The fourth-order valence-electron chi connectivity index (χ4n) is 3.18. The van der Waals surface area contributed by atoms with Gasteiger partial charge >= 0.3 is 0 Å². The number of nitrogens with one attached hydrogen (secondary N) is 1. The summed E-state index contributed by atoms with van der Waals surface area (Å²) in [4.78, 5) is 15.9. The van der Waals surface area contributed by atoms with E-state index >= 15 is 0 Å². The molecule has 0 fully saturated rings. The summed E-state index contributed by atoms with van der Waals surface area (Å²) in [6.07, 6.45) is 6.90. The number of benzene rings is 2. The lowest BCUT2D eigenvalue weighted by Gasteiger charge is -2.19. The SMILES string of the molecule is C=CCOC(Cn1ccnc1)c1ccc(Cl)cc1Cl.c1ccc2[nH]c(-c3cscn3)nc2c1. The zero-order chi connectivity index (χ0) is 23.0. The normalized spacial score (nSPS) is 11.7. The standard InChI is InChI=1S/C14H14Cl2N2O.C10H7N3S/c1-2-7-19-14(9-18-6-5-17-10-18)12-4-3-11(15)8-13(12)16;1-2-4-8-7(3-1)12-10(13-8)9-5-14-6-11-9/h2-6,8,10,14H,1,7,9H2;1-6H,(H,12,13). The molecule has 0 saturated heterocycles. The molecular formula is C24H21Cl2N5OS. The summed E-state index contributed by atoms with van der Waals surface area (Å²) in [5.74, 6) is 0.840. The Hall–Kier alpha value is -2.97. The number of nitrogens with zero attached hydrogens (tertiary/aromatic N) is 4. The highest BCUT2D eigenvalue weighted by molar-refractivity contribution is 7.07. The fourth-order valence-corrected chi connectivity index (χ4v) is 4.24. The second-order valence-corrected chi connectivity index (χ2v) is 8.57. The Balaban J connectivity index is 0.000000163.